The highest BCUT2D eigenvalue weighted by molar-refractivity contribution is 5.92. The van der Waals surface area contributed by atoms with E-state index in [2.05, 4.69) is 17.5 Å². The van der Waals surface area contributed by atoms with E-state index in [0.717, 1.165) is 32.2 Å². The normalized spacial score (nSPS) is 26.9. The lowest BCUT2D eigenvalue weighted by Crippen LogP contribution is -2.46. The van der Waals surface area contributed by atoms with Gasteiger partial charge in [-0.05, 0) is 25.8 Å². The number of carboxylic acid groups (broad SMARTS) is 1. The molecule has 0 aromatic carbocycles. The van der Waals surface area contributed by atoms with Gasteiger partial charge < -0.3 is 10.4 Å². The van der Waals surface area contributed by atoms with Crippen molar-refractivity contribution < 1.29 is 27.9 Å². The highest BCUT2D eigenvalue weighted by Crippen LogP contribution is 2.27. The summed E-state index contributed by atoms with van der Waals surface area (Å²) < 4.78 is 31.7. The molecule has 1 fully saturated rings. The van der Waals surface area contributed by atoms with Gasteiger partial charge in [-0.15, -0.1) is 0 Å². The first-order valence-electron chi connectivity index (χ1n) is 5.54. The average Bonchev–Trinajstić information content (AvgIpc) is 2.72. The summed E-state index contributed by atoms with van der Waals surface area (Å²) >= 11 is 0. The molecule has 2 rings (SSSR count). The number of hydrogen-bond donors (Lipinski definition) is 2. The van der Waals surface area contributed by atoms with E-state index in [-0.39, 0.29) is 5.54 Å². The number of carboxylic acids is 1. The average molecular weight is 265 g/mol. The van der Waals surface area contributed by atoms with E-state index in [1.807, 2.05) is 0 Å². The topological polar surface area (TPSA) is 66.4 Å². The summed E-state index contributed by atoms with van der Waals surface area (Å²) in [6.45, 7) is 0.996. The van der Waals surface area contributed by atoms with Crippen molar-refractivity contribution in [1.29, 1.82) is 0 Å². The van der Waals surface area contributed by atoms with Gasteiger partial charge in [0.25, 0.3) is 0 Å². The first-order chi connectivity index (χ1) is 8.28. The molecule has 1 aliphatic carbocycles. The lowest BCUT2D eigenvalue weighted by atomic mass is 9.85. The molecule has 102 valence electrons. The molecule has 7 heteroatoms. The number of rotatable bonds is 0. The Kier molecular flexibility index (Phi) is 4.50. The second kappa shape index (κ2) is 5.51. The maximum atomic E-state index is 11.5. The lowest BCUT2D eigenvalue weighted by molar-refractivity contribution is -0.192. The monoisotopic (exact) mass is 265 g/mol. The van der Waals surface area contributed by atoms with Crippen LogP contribution in [0.3, 0.4) is 0 Å². The van der Waals surface area contributed by atoms with Crippen LogP contribution < -0.4 is 5.32 Å². The first kappa shape index (κ1) is 14.7. The van der Waals surface area contributed by atoms with Gasteiger partial charge in [0.1, 0.15) is 0 Å². The molecule has 0 aromatic heterocycles. The molecule has 1 saturated heterocycles. The molecule has 0 amide bonds. The molecule has 0 saturated carbocycles. The van der Waals surface area contributed by atoms with Gasteiger partial charge in [-0.2, -0.15) is 13.2 Å². The Hall–Kier alpha value is -1.37. The zero-order chi connectivity index (χ0) is 13.8. The lowest BCUT2D eigenvalue weighted by Gasteiger charge is -2.26. The summed E-state index contributed by atoms with van der Waals surface area (Å²) in [7, 11) is 0. The van der Waals surface area contributed by atoms with Crippen LogP contribution in [0.2, 0.25) is 0 Å². The van der Waals surface area contributed by atoms with Gasteiger partial charge in [-0.25, -0.2) is 4.79 Å². The molecule has 1 spiro atoms. The summed E-state index contributed by atoms with van der Waals surface area (Å²) in [6.07, 6.45) is 2.90. The van der Waals surface area contributed by atoms with Crippen molar-refractivity contribution in [3.8, 4) is 0 Å². The van der Waals surface area contributed by atoms with Crippen molar-refractivity contribution in [2.75, 3.05) is 6.54 Å². The Morgan fingerprint density at radius 1 is 1.44 bits per heavy atom. The Bertz CT molecular complexity index is 357. The molecule has 2 aliphatic rings. The number of hydrogen-bond acceptors (Lipinski definition) is 3. The number of carbonyl (C=O) groups is 2. The van der Waals surface area contributed by atoms with Crippen LogP contribution in [0.5, 0.6) is 0 Å². The molecule has 0 aromatic rings. The van der Waals surface area contributed by atoms with E-state index in [0.29, 0.717) is 5.78 Å². The number of aliphatic carboxylic acids is 1. The summed E-state index contributed by atoms with van der Waals surface area (Å²) in [5.41, 5.74) is -0.238. The molecule has 1 heterocycles. The van der Waals surface area contributed by atoms with Gasteiger partial charge in [0, 0.05) is 6.42 Å². The van der Waals surface area contributed by atoms with Gasteiger partial charge in [0.15, 0.2) is 5.78 Å². The number of Topliss-reactive ketones (excluding diaryl/α,β-unsaturated/α-hetero) is 1. The van der Waals surface area contributed by atoms with Crippen molar-refractivity contribution in [1.82, 2.24) is 5.32 Å². The number of allylic oxidation sites excluding steroid dienone is 1. The fourth-order valence-corrected chi connectivity index (χ4v) is 1.96. The molecule has 1 atom stereocenters. The minimum Gasteiger partial charge on any atom is -0.475 e. The number of halogens is 3. The molecule has 18 heavy (non-hydrogen) atoms. The van der Waals surface area contributed by atoms with Crippen LogP contribution in [0.25, 0.3) is 0 Å². The van der Waals surface area contributed by atoms with E-state index >= 15 is 0 Å². The van der Waals surface area contributed by atoms with Crippen LogP contribution in [-0.4, -0.2) is 35.1 Å². The molecule has 2 N–H and O–H groups in total. The summed E-state index contributed by atoms with van der Waals surface area (Å²) in [5.74, 6) is -2.37. The van der Waals surface area contributed by atoms with Gasteiger partial charge in [0.05, 0.1) is 5.54 Å². The van der Waals surface area contributed by atoms with E-state index in [4.69, 9.17) is 9.90 Å². The molecule has 1 aliphatic heterocycles. The van der Waals surface area contributed by atoms with Crippen LogP contribution >= 0.6 is 0 Å². The molecular weight excluding hydrogens is 251 g/mol. The SMILES string of the molecule is O=C(O)C(F)(F)F.O=C1CCC=CC12CCCN2. The van der Waals surface area contributed by atoms with Crippen molar-refractivity contribution in [2.24, 2.45) is 0 Å². The Labute approximate surface area is 102 Å². The predicted octanol–water partition coefficient (Wildman–Crippen LogP) is 1.66. The van der Waals surface area contributed by atoms with Crippen LogP contribution in [0.4, 0.5) is 13.2 Å². The molecule has 0 bridgehead atoms. The van der Waals surface area contributed by atoms with E-state index in [1.54, 1.807) is 0 Å². The molecule has 0 radical (unpaired) electrons. The highest BCUT2D eigenvalue weighted by Gasteiger charge is 2.39. The third-order valence-electron chi connectivity index (χ3n) is 2.87. The van der Waals surface area contributed by atoms with Gasteiger partial charge >= 0.3 is 12.1 Å². The predicted molar refractivity (Wildman–Crippen MR) is 57.0 cm³/mol. The maximum Gasteiger partial charge on any atom is 0.490 e. The molecule has 1 unspecified atom stereocenters. The third-order valence-corrected chi connectivity index (χ3v) is 2.87. The number of ketones is 1. The fraction of sp³-hybridized carbons (Fsp3) is 0.636. The van der Waals surface area contributed by atoms with Crippen LogP contribution in [0.1, 0.15) is 25.7 Å². The maximum absolute atomic E-state index is 11.5. The fourth-order valence-electron chi connectivity index (χ4n) is 1.96. The minimum atomic E-state index is -5.08. The third kappa shape index (κ3) is 3.56. The summed E-state index contributed by atoms with van der Waals surface area (Å²) in [6, 6.07) is 0. The van der Waals surface area contributed by atoms with Gasteiger partial charge in [0.2, 0.25) is 0 Å². The quantitative estimate of drug-likeness (QED) is 0.654. The van der Waals surface area contributed by atoms with Crippen LogP contribution in [0.15, 0.2) is 12.2 Å². The van der Waals surface area contributed by atoms with Crippen LogP contribution in [0, 0.1) is 0 Å². The van der Waals surface area contributed by atoms with Crippen molar-refractivity contribution >= 4 is 11.8 Å². The second-order valence-electron chi connectivity index (χ2n) is 4.17. The number of carbonyl (C=O) groups excluding carboxylic acids is 1. The summed E-state index contributed by atoms with van der Waals surface area (Å²) in [4.78, 5) is 20.4. The number of alkyl halides is 3. The minimum absolute atomic E-state index is 0.238. The Balaban J connectivity index is 0.000000203. The van der Waals surface area contributed by atoms with E-state index in [9.17, 15) is 18.0 Å². The number of nitrogens with one attached hydrogen (secondary N) is 1. The smallest absolute Gasteiger partial charge is 0.475 e. The zero-order valence-electron chi connectivity index (χ0n) is 9.59. The standard InChI is InChI=1S/C9H13NO.C2HF3O2/c11-8-4-1-2-5-9(8)6-3-7-10-9;3-2(4,5)1(6)7/h2,5,10H,1,3-4,6-7H2;(H,6,7). The second-order valence-corrected chi connectivity index (χ2v) is 4.17. The molecule has 4 nitrogen and oxygen atoms in total. The summed E-state index contributed by atoms with van der Waals surface area (Å²) in [5, 5.41) is 10.4. The highest BCUT2D eigenvalue weighted by atomic mass is 19.4. The van der Waals surface area contributed by atoms with Crippen molar-refractivity contribution in [3.05, 3.63) is 12.2 Å². The van der Waals surface area contributed by atoms with Gasteiger partial charge in [-0.3, -0.25) is 4.79 Å². The van der Waals surface area contributed by atoms with Gasteiger partial charge in [-0.1, -0.05) is 12.2 Å². The first-order valence-corrected chi connectivity index (χ1v) is 5.54. The van der Waals surface area contributed by atoms with Crippen molar-refractivity contribution in [3.63, 3.8) is 0 Å². The van der Waals surface area contributed by atoms with Crippen molar-refractivity contribution in [2.45, 2.75) is 37.4 Å². The largest absolute Gasteiger partial charge is 0.490 e. The zero-order valence-corrected chi connectivity index (χ0v) is 9.59. The Morgan fingerprint density at radius 2 is 2.06 bits per heavy atom. The molecular formula is C11H14F3NO3. The van der Waals surface area contributed by atoms with E-state index in [1.165, 1.54) is 0 Å². The van der Waals surface area contributed by atoms with E-state index < -0.39 is 12.1 Å². The van der Waals surface area contributed by atoms with Crippen LogP contribution in [-0.2, 0) is 9.59 Å². The Morgan fingerprint density at radius 3 is 2.44 bits per heavy atom.